The van der Waals surface area contributed by atoms with Crippen LogP contribution in [0.2, 0.25) is 10.0 Å². The first kappa shape index (κ1) is 25.3. The zero-order valence-electron chi connectivity index (χ0n) is 20.2. The highest BCUT2D eigenvalue weighted by molar-refractivity contribution is 6.34. The van der Waals surface area contributed by atoms with Crippen molar-refractivity contribution in [1.29, 1.82) is 0 Å². The lowest BCUT2D eigenvalue weighted by Crippen LogP contribution is -2.19. The first-order chi connectivity index (χ1) is 18.4. The lowest BCUT2D eigenvalue weighted by Gasteiger charge is -2.08. The molecule has 188 valence electrons. The minimum Gasteiger partial charge on any atom is -0.422 e. The zero-order valence-corrected chi connectivity index (χ0v) is 21.7. The Balaban J connectivity index is 1.40. The average Bonchev–Trinajstić information content (AvgIpc) is 3.28. The number of benzene rings is 4. The van der Waals surface area contributed by atoms with Gasteiger partial charge in [-0.25, -0.2) is 10.2 Å². The molecule has 0 atom stereocenters. The SMILES string of the molecule is Cc1ccc(C(=O)Oc2ccccc2C=NNC(=O)c2[nH]c3ccc(Cl)cc3c2-c2ccccc2Cl)cc1. The Kier molecular flexibility index (Phi) is 7.26. The third-order valence-corrected chi connectivity index (χ3v) is 6.47. The molecule has 0 saturated heterocycles. The molecule has 1 heterocycles. The molecule has 1 aromatic heterocycles. The van der Waals surface area contributed by atoms with E-state index >= 15 is 0 Å². The van der Waals surface area contributed by atoms with Gasteiger partial charge in [0.05, 0.1) is 11.8 Å². The number of aryl methyl sites for hydroxylation is 1. The fourth-order valence-corrected chi connectivity index (χ4v) is 4.43. The predicted octanol–water partition coefficient (Wildman–Crippen LogP) is 7.43. The number of hydrogen-bond acceptors (Lipinski definition) is 4. The number of nitrogens with zero attached hydrogens (tertiary/aromatic N) is 1. The van der Waals surface area contributed by atoms with E-state index in [-0.39, 0.29) is 5.69 Å². The fourth-order valence-electron chi connectivity index (χ4n) is 4.02. The third kappa shape index (κ3) is 5.32. The summed E-state index contributed by atoms with van der Waals surface area (Å²) >= 11 is 12.7. The fraction of sp³-hybridized carbons (Fsp3) is 0.0333. The Morgan fingerprint density at radius 3 is 2.45 bits per heavy atom. The van der Waals surface area contributed by atoms with Crippen molar-refractivity contribution in [2.75, 3.05) is 0 Å². The predicted molar refractivity (Wildman–Crippen MR) is 151 cm³/mol. The standard InChI is InChI=1S/C30H21Cl2N3O3/c1-18-10-12-19(13-11-18)30(37)38-26-9-5-2-6-20(26)17-33-35-29(36)28-27(22-7-3-4-8-24(22)32)23-16-21(31)14-15-25(23)34-28/h2-17,34H,1H3,(H,35,36). The van der Waals surface area contributed by atoms with Crippen molar-refractivity contribution < 1.29 is 14.3 Å². The molecule has 4 aromatic carbocycles. The number of ether oxygens (including phenoxy) is 1. The number of fused-ring (bicyclic) bond motifs is 1. The summed E-state index contributed by atoms with van der Waals surface area (Å²) in [6, 6.07) is 26.6. The van der Waals surface area contributed by atoms with E-state index in [2.05, 4.69) is 15.5 Å². The van der Waals surface area contributed by atoms with E-state index in [0.29, 0.717) is 38.0 Å². The smallest absolute Gasteiger partial charge is 0.343 e. The van der Waals surface area contributed by atoms with E-state index in [1.807, 2.05) is 37.3 Å². The van der Waals surface area contributed by atoms with E-state index in [1.54, 1.807) is 60.7 Å². The van der Waals surface area contributed by atoms with Crippen LogP contribution in [0.4, 0.5) is 0 Å². The van der Waals surface area contributed by atoms with Crippen molar-refractivity contribution in [2.45, 2.75) is 6.92 Å². The molecule has 0 fully saturated rings. The maximum Gasteiger partial charge on any atom is 0.343 e. The number of amides is 1. The molecule has 2 N–H and O–H groups in total. The van der Waals surface area contributed by atoms with Gasteiger partial charge in [0.15, 0.2) is 0 Å². The number of para-hydroxylation sites is 1. The molecule has 0 unspecified atom stereocenters. The van der Waals surface area contributed by atoms with Gasteiger partial charge in [-0.1, -0.05) is 71.2 Å². The maximum atomic E-state index is 13.3. The van der Waals surface area contributed by atoms with E-state index in [0.717, 1.165) is 16.5 Å². The van der Waals surface area contributed by atoms with E-state index in [1.165, 1.54) is 6.21 Å². The Labute approximate surface area is 228 Å². The Hall–Kier alpha value is -4.39. The molecule has 38 heavy (non-hydrogen) atoms. The van der Waals surface area contributed by atoms with Gasteiger partial charge in [-0.05, 0) is 55.5 Å². The van der Waals surface area contributed by atoms with Gasteiger partial charge in [-0.15, -0.1) is 0 Å². The van der Waals surface area contributed by atoms with Gasteiger partial charge in [0.1, 0.15) is 11.4 Å². The van der Waals surface area contributed by atoms with Gasteiger partial charge in [0.25, 0.3) is 5.91 Å². The Bertz CT molecular complexity index is 1690. The summed E-state index contributed by atoms with van der Waals surface area (Å²) in [7, 11) is 0. The Morgan fingerprint density at radius 1 is 0.921 bits per heavy atom. The Morgan fingerprint density at radius 2 is 1.66 bits per heavy atom. The lowest BCUT2D eigenvalue weighted by molar-refractivity contribution is 0.0734. The van der Waals surface area contributed by atoms with Gasteiger partial charge < -0.3 is 9.72 Å². The van der Waals surface area contributed by atoms with Crippen molar-refractivity contribution in [3.63, 3.8) is 0 Å². The summed E-state index contributed by atoms with van der Waals surface area (Å²) in [6.45, 7) is 1.94. The summed E-state index contributed by atoms with van der Waals surface area (Å²) in [6.07, 6.45) is 1.42. The molecular formula is C30H21Cl2N3O3. The number of aromatic nitrogens is 1. The molecule has 0 spiro atoms. The second kappa shape index (κ2) is 10.9. The van der Waals surface area contributed by atoms with E-state index in [9.17, 15) is 9.59 Å². The average molecular weight is 542 g/mol. The van der Waals surface area contributed by atoms with Crippen LogP contribution in [-0.4, -0.2) is 23.1 Å². The van der Waals surface area contributed by atoms with E-state index < -0.39 is 11.9 Å². The minimum absolute atomic E-state index is 0.284. The summed E-state index contributed by atoms with van der Waals surface area (Å²) in [4.78, 5) is 29.0. The minimum atomic E-state index is -0.490. The lowest BCUT2D eigenvalue weighted by atomic mass is 10.0. The van der Waals surface area contributed by atoms with Crippen molar-refractivity contribution in [1.82, 2.24) is 10.4 Å². The molecule has 0 radical (unpaired) electrons. The van der Waals surface area contributed by atoms with Gasteiger partial charge in [0, 0.05) is 37.6 Å². The topological polar surface area (TPSA) is 83.5 Å². The maximum absolute atomic E-state index is 13.3. The monoisotopic (exact) mass is 541 g/mol. The van der Waals surface area contributed by atoms with Crippen molar-refractivity contribution in [3.05, 3.63) is 123 Å². The van der Waals surface area contributed by atoms with Crippen LogP contribution in [0.1, 0.15) is 32.0 Å². The molecule has 0 saturated carbocycles. The molecule has 0 aliphatic heterocycles. The zero-order chi connectivity index (χ0) is 26.6. The normalized spacial score (nSPS) is 11.1. The highest BCUT2D eigenvalue weighted by Gasteiger charge is 2.21. The van der Waals surface area contributed by atoms with Gasteiger partial charge >= 0.3 is 5.97 Å². The summed E-state index contributed by atoms with van der Waals surface area (Å²) in [5.74, 6) is -0.651. The van der Waals surface area contributed by atoms with Crippen LogP contribution in [0.3, 0.4) is 0 Å². The molecule has 1 amide bonds. The van der Waals surface area contributed by atoms with Gasteiger partial charge in [0.2, 0.25) is 0 Å². The number of hydrazone groups is 1. The van der Waals surface area contributed by atoms with Crippen LogP contribution in [0, 0.1) is 6.92 Å². The number of nitrogens with one attached hydrogen (secondary N) is 2. The molecule has 0 aliphatic rings. The highest BCUT2D eigenvalue weighted by Crippen LogP contribution is 2.37. The van der Waals surface area contributed by atoms with Gasteiger partial charge in [-0.3, -0.25) is 4.79 Å². The summed E-state index contributed by atoms with van der Waals surface area (Å²) < 4.78 is 5.58. The third-order valence-electron chi connectivity index (χ3n) is 5.91. The molecule has 0 bridgehead atoms. The molecule has 5 aromatic rings. The van der Waals surface area contributed by atoms with Crippen LogP contribution in [-0.2, 0) is 0 Å². The van der Waals surface area contributed by atoms with Crippen LogP contribution in [0.15, 0.2) is 96.1 Å². The van der Waals surface area contributed by atoms with Crippen LogP contribution < -0.4 is 10.2 Å². The largest absolute Gasteiger partial charge is 0.422 e. The number of rotatable bonds is 6. The van der Waals surface area contributed by atoms with Crippen molar-refractivity contribution in [2.24, 2.45) is 5.10 Å². The number of halogens is 2. The number of aromatic amines is 1. The van der Waals surface area contributed by atoms with Crippen LogP contribution in [0.25, 0.3) is 22.0 Å². The van der Waals surface area contributed by atoms with Crippen LogP contribution in [0.5, 0.6) is 5.75 Å². The second-order valence-electron chi connectivity index (χ2n) is 8.54. The molecule has 6 nitrogen and oxygen atoms in total. The van der Waals surface area contributed by atoms with Crippen LogP contribution >= 0.6 is 23.2 Å². The summed E-state index contributed by atoms with van der Waals surface area (Å²) in [5.41, 5.74) is 6.86. The highest BCUT2D eigenvalue weighted by atomic mass is 35.5. The molecule has 5 rings (SSSR count). The second-order valence-corrected chi connectivity index (χ2v) is 9.38. The number of carbonyl (C=O) groups is 2. The van der Waals surface area contributed by atoms with E-state index in [4.69, 9.17) is 27.9 Å². The van der Waals surface area contributed by atoms with Gasteiger partial charge in [-0.2, -0.15) is 5.10 Å². The molecular weight excluding hydrogens is 521 g/mol. The first-order valence-electron chi connectivity index (χ1n) is 11.7. The molecule has 0 aliphatic carbocycles. The number of H-pyrrole nitrogens is 1. The van der Waals surface area contributed by atoms with Crippen molar-refractivity contribution in [3.8, 4) is 16.9 Å². The number of carbonyl (C=O) groups excluding carboxylic acids is 2. The number of hydrogen-bond donors (Lipinski definition) is 2. The van der Waals surface area contributed by atoms with Crippen molar-refractivity contribution >= 4 is 52.2 Å². The quantitative estimate of drug-likeness (QED) is 0.101. The first-order valence-corrected chi connectivity index (χ1v) is 12.4. The molecule has 8 heteroatoms. The number of esters is 1. The summed E-state index contributed by atoms with van der Waals surface area (Å²) in [5, 5.41) is 5.91.